The number of aromatic nitrogens is 2. The zero-order chi connectivity index (χ0) is 26.2. The molecule has 8 nitrogen and oxygen atoms in total. The van der Waals surface area contributed by atoms with E-state index in [-0.39, 0.29) is 11.8 Å². The second-order valence-electron chi connectivity index (χ2n) is 8.68. The topological polar surface area (TPSA) is 96.5 Å². The fourth-order valence-corrected chi connectivity index (χ4v) is 3.59. The number of hydrogen-bond acceptors (Lipinski definition) is 6. The van der Waals surface area contributed by atoms with Crippen molar-refractivity contribution < 1.29 is 14.3 Å². The van der Waals surface area contributed by atoms with Crippen LogP contribution in [0.4, 0.5) is 11.5 Å². The van der Waals surface area contributed by atoms with E-state index in [2.05, 4.69) is 20.6 Å². The van der Waals surface area contributed by atoms with E-state index in [1.807, 2.05) is 50.2 Å². The Labute approximate surface area is 216 Å². The maximum atomic E-state index is 12.6. The number of nitrogens with one attached hydrogen (secondary N) is 2. The van der Waals surface area contributed by atoms with Gasteiger partial charge in [0, 0.05) is 41.7 Å². The molecule has 2 amide bonds. The van der Waals surface area contributed by atoms with Crippen molar-refractivity contribution in [1.29, 1.82) is 0 Å². The number of fused-ring (bicyclic) bond motifs is 1. The molecule has 0 atom stereocenters. The molecular weight excluding hydrogens is 466 g/mol. The van der Waals surface area contributed by atoms with Crippen LogP contribution >= 0.6 is 0 Å². The minimum atomic E-state index is -0.248. The van der Waals surface area contributed by atoms with E-state index >= 15 is 0 Å². The summed E-state index contributed by atoms with van der Waals surface area (Å²) in [5, 5.41) is 6.45. The molecule has 0 aliphatic carbocycles. The third-order valence-corrected chi connectivity index (χ3v) is 5.53. The first-order chi connectivity index (χ1) is 17.9. The van der Waals surface area contributed by atoms with Gasteiger partial charge in [0.2, 0.25) is 5.91 Å². The monoisotopic (exact) mass is 495 g/mol. The highest BCUT2D eigenvalue weighted by atomic mass is 16.5. The van der Waals surface area contributed by atoms with Gasteiger partial charge in [-0.15, -0.1) is 0 Å². The molecule has 8 heteroatoms. The molecule has 0 spiro atoms. The number of ether oxygens (including phenoxy) is 1. The van der Waals surface area contributed by atoms with Crippen LogP contribution in [-0.4, -0.2) is 47.3 Å². The lowest BCUT2D eigenvalue weighted by Gasteiger charge is -2.11. The molecule has 0 fully saturated rings. The van der Waals surface area contributed by atoms with Crippen molar-refractivity contribution in [3.8, 4) is 11.5 Å². The van der Waals surface area contributed by atoms with Crippen LogP contribution in [0, 0.1) is 0 Å². The van der Waals surface area contributed by atoms with Crippen molar-refractivity contribution >= 4 is 34.2 Å². The van der Waals surface area contributed by atoms with Crippen LogP contribution in [0.3, 0.4) is 0 Å². The molecule has 37 heavy (non-hydrogen) atoms. The van der Waals surface area contributed by atoms with Gasteiger partial charge in [-0.1, -0.05) is 13.0 Å². The van der Waals surface area contributed by atoms with E-state index in [1.54, 1.807) is 54.9 Å². The van der Waals surface area contributed by atoms with E-state index in [0.717, 1.165) is 22.9 Å². The molecule has 0 saturated heterocycles. The van der Waals surface area contributed by atoms with Crippen molar-refractivity contribution in [2.24, 2.45) is 0 Å². The minimum absolute atomic E-state index is 0.210. The van der Waals surface area contributed by atoms with Crippen molar-refractivity contribution in [3.63, 3.8) is 0 Å². The van der Waals surface area contributed by atoms with Crippen LogP contribution in [0.5, 0.6) is 11.5 Å². The number of aryl methyl sites for hydroxylation is 1. The van der Waals surface area contributed by atoms with Gasteiger partial charge in [0.05, 0.1) is 5.52 Å². The lowest BCUT2D eigenvalue weighted by Crippen LogP contribution is -2.13. The third kappa shape index (κ3) is 6.99. The molecule has 4 rings (SSSR count). The van der Waals surface area contributed by atoms with Crippen LogP contribution in [0.25, 0.3) is 10.9 Å². The number of anilines is 2. The van der Waals surface area contributed by atoms with E-state index < -0.39 is 0 Å². The van der Waals surface area contributed by atoms with Gasteiger partial charge in [-0.05, 0) is 86.7 Å². The number of rotatable bonds is 9. The number of nitrogens with zero attached hydrogens (tertiary/aromatic N) is 3. The van der Waals surface area contributed by atoms with Crippen LogP contribution in [-0.2, 0) is 11.2 Å². The number of benzene rings is 2. The van der Waals surface area contributed by atoms with Gasteiger partial charge in [-0.2, -0.15) is 0 Å². The average Bonchev–Trinajstić information content (AvgIpc) is 2.89. The van der Waals surface area contributed by atoms with Crippen molar-refractivity contribution in [2.75, 3.05) is 31.3 Å². The molecule has 2 aromatic heterocycles. The maximum absolute atomic E-state index is 12.6. The number of likely N-dealkylation sites (N-methyl/N-ethyl adjacent to an activating group) is 1. The SMILES string of the molecule is CCc1ccnc(NC(=O)c2ccc(Oc3ccnc4ccc(NC(=O)/C=C/CN(C)C)cc34)cc2)c1. The van der Waals surface area contributed by atoms with Gasteiger partial charge in [0.1, 0.15) is 17.3 Å². The average molecular weight is 496 g/mol. The summed E-state index contributed by atoms with van der Waals surface area (Å²) in [6.45, 7) is 2.73. The molecular formula is C29H29N5O3. The van der Waals surface area contributed by atoms with Crippen LogP contribution < -0.4 is 15.4 Å². The summed E-state index contributed by atoms with van der Waals surface area (Å²) in [7, 11) is 3.87. The second-order valence-corrected chi connectivity index (χ2v) is 8.68. The normalized spacial score (nSPS) is 11.1. The van der Waals surface area contributed by atoms with Crippen LogP contribution in [0.2, 0.25) is 0 Å². The Balaban J connectivity index is 1.46. The van der Waals surface area contributed by atoms with Gasteiger partial charge in [-0.3, -0.25) is 14.6 Å². The Hall–Kier alpha value is -4.56. The van der Waals surface area contributed by atoms with Gasteiger partial charge in [0.15, 0.2) is 0 Å². The number of carbonyl (C=O) groups is 2. The van der Waals surface area contributed by atoms with Gasteiger partial charge in [-0.25, -0.2) is 4.98 Å². The number of hydrogen-bond donors (Lipinski definition) is 2. The van der Waals surface area contributed by atoms with Gasteiger partial charge < -0.3 is 20.3 Å². The Bertz CT molecular complexity index is 1430. The smallest absolute Gasteiger partial charge is 0.256 e. The largest absolute Gasteiger partial charge is 0.457 e. The summed E-state index contributed by atoms with van der Waals surface area (Å²) in [5.41, 5.74) is 2.96. The quantitative estimate of drug-likeness (QED) is 0.306. The lowest BCUT2D eigenvalue weighted by atomic mass is 10.1. The zero-order valence-electron chi connectivity index (χ0n) is 21.1. The molecule has 0 aliphatic rings. The molecule has 2 aromatic carbocycles. The van der Waals surface area contributed by atoms with E-state index in [9.17, 15) is 9.59 Å². The summed E-state index contributed by atoms with van der Waals surface area (Å²) >= 11 is 0. The molecule has 2 N–H and O–H groups in total. The predicted octanol–water partition coefficient (Wildman–Crippen LogP) is 5.29. The molecule has 2 heterocycles. The lowest BCUT2D eigenvalue weighted by molar-refractivity contribution is -0.111. The van der Waals surface area contributed by atoms with Gasteiger partial charge in [0.25, 0.3) is 5.91 Å². The number of pyridine rings is 2. The molecule has 188 valence electrons. The fourth-order valence-electron chi connectivity index (χ4n) is 3.59. The Kier molecular flexibility index (Phi) is 8.22. The number of carbonyl (C=O) groups excluding carboxylic acids is 2. The third-order valence-electron chi connectivity index (χ3n) is 5.53. The highest BCUT2D eigenvalue weighted by molar-refractivity contribution is 6.04. The minimum Gasteiger partial charge on any atom is -0.457 e. The highest BCUT2D eigenvalue weighted by Crippen LogP contribution is 2.31. The van der Waals surface area contributed by atoms with Crippen molar-refractivity contribution in [2.45, 2.75) is 13.3 Å². The summed E-state index contributed by atoms with van der Waals surface area (Å²) in [5.74, 6) is 1.21. The molecule has 0 bridgehead atoms. The highest BCUT2D eigenvalue weighted by Gasteiger charge is 2.10. The molecule has 0 unspecified atom stereocenters. The summed E-state index contributed by atoms with van der Waals surface area (Å²) < 4.78 is 6.11. The second kappa shape index (κ2) is 11.9. The Morgan fingerprint density at radius 1 is 0.946 bits per heavy atom. The van der Waals surface area contributed by atoms with E-state index in [1.165, 1.54) is 6.08 Å². The predicted molar refractivity (Wildman–Crippen MR) is 146 cm³/mol. The first-order valence-corrected chi connectivity index (χ1v) is 12.0. The summed E-state index contributed by atoms with van der Waals surface area (Å²) in [6.07, 6.45) is 7.53. The van der Waals surface area contributed by atoms with Crippen molar-refractivity contribution in [1.82, 2.24) is 14.9 Å². The van der Waals surface area contributed by atoms with Crippen LogP contribution in [0.1, 0.15) is 22.8 Å². The molecule has 0 radical (unpaired) electrons. The summed E-state index contributed by atoms with van der Waals surface area (Å²) in [6, 6.07) is 17.9. The summed E-state index contributed by atoms with van der Waals surface area (Å²) in [4.78, 5) is 35.4. The zero-order valence-corrected chi connectivity index (χ0v) is 21.1. The Morgan fingerprint density at radius 3 is 2.49 bits per heavy atom. The van der Waals surface area contributed by atoms with Crippen molar-refractivity contribution in [3.05, 3.63) is 96.3 Å². The number of amides is 2. The standard InChI is InChI=1S/C29H29N5O3/c1-4-20-13-15-31-27(18-20)33-29(36)21-7-10-23(11-8-21)37-26-14-16-30-25-12-9-22(19-24(25)26)32-28(35)6-5-17-34(2)3/h5-16,18-19H,4,17H2,1-3H3,(H,32,35)(H,31,33,36)/b6-5+. The Morgan fingerprint density at radius 2 is 1.73 bits per heavy atom. The first-order valence-electron chi connectivity index (χ1n) is 12.0. The maximum Gasteiger partial charge on any atom is 0.256 e. The van der Waals surface area contributed by atoms with Crippen LogP contribution in [0.15, 0.2) is 85.2 Å². The van der Waals surface area contributed by atoms with E-state index in [4.69, 9.17) is 4.74 Å². The first kappa shape index (κ1) is 25.5. The molecule has 0 saturated carbocycles. The molecule has 4 aromatic rings. The van der Waals surface area contributed by atoms with Gasteiger partial charge >= 0.3 is 0 Å². The molecule has 0 aliphatic heterocycles. The van der Waals surface area contributed by atoms with E-state index in [0.29, 0.717) is 35.1 Å². The fraction of sp³-hybridized carbons (Fsp3) is 0.172.